The summed E-state index contributed by atoms with van der Waals surface area (Å²) in [5.41, 5.74) is 0. The van der Waals surface area contributed by atoms with E-state index in [0.29, 0.717) is 5.92 Å². The lowest BCUT2D eigenvalue weighted by Gasteiger charge is -2.22. The maximum atomic E-state index is 11.1. The van der Waals surface area contributed by atoms with Gasteiger partial charge in [-0.3, -0.25) is 4.79 Å². The third kappa shape index (κ3) is 5.81. The molecule has 0 heterocycles. The Hall–Kier alpha value is -0.530. The normalized spacial score (nSPS) is 13.1. The molecule has 0 aromatic carbocycles. The Bertz CT molecular complexity index is 158. The predicted octanol–water partition coefficient (Wildman–Crippen LogP) is 4.09. The molecule has 2 heteroatoms. The van der Waals surface area contributed by atoms with Crippen LogP contribution in [0.3, 0.4) is 0 Å². The Labute approximate surface area is 94.1 Å². The fraction of sp³-hybridized carbons (Fsp3) is 0.923. The Balaban J connectivity index is 4.22. The van der Waals surface area contributed by atoms with Gasteiger partial charge in [0.2, 0.25) is 0 Å². The fourth-order valence-corrected chi connectivity index (χ4v) is 2.19. The van der Waals surface area contributed by atoms with Crippen molar-refractivity contribution in [3.8, 4) is 0 Å². The smallest absolute Gasteiger partial charge is 0.306 e. The topological polar surface area (TPSA) is 37.3 Å². The average Bonchev–Trinajstić information content (AvgIpc) is 2.21. The van der Waals surface area contributed by atoms with E-state index in [-0.39, 0.29) is 5.92 Å². The molecule has 0 saturated heterocycles. The van der Waals surface area contributed by atoms with Gasteiger partial charge in [-0.1, -0.05) is 46.5 Å². The number of carboxylic acid groups (broad SMARTS) is 1. The van der Waals surface area contributed by atoms with E-state index in [4.69, 9.17) is 5.11 Å². The zero-order valence-corrected chi connectivity index (χ0v) is 10.5. The monoisotopic (exact) mass is 214 g/mol. The van der Waals surface area contributed by atoms with Gasteiger partial charge in [0, 0.05) is 0 Å². The summed E-state index contributed by atoms with van der Waals surface area (Å²) >= 11 is 0. The van der Waals surface area contributed by atoms with E-state index in [9.17, 15) is 4.79 Å². The number of hydrogen-bond donors (Lipinski definition) is 1. The van der Waals surface area contributed by atoms with E-state index in [1.54, 1.807) is 0 Å². The minimum Gasteiger partial charge on any atom is -0.481 e. The first-order chi connectivity index (χ1) is 7.17. The molecular weight excluding hydrogens is 188 g/mol. The number of carboxylic acids is 1. The van der Waals surface area contributed by atoms with Crippen LogP contribution >= 0.6 is 0 Å². The minimum atomic E-state index is -0.602. The Morgan fingerprint density at radius 1 is 1.07 bits per heavy atom. The van der Waals surface area contributed by atoms with Crippen molar-refractivity contribution in [2.24, 2.45) is 11.8 Å². The van der Waals surface area contributed by atoms with E-state index in [1.807, 2.05) is 6.92 Å². The summed E-state index contributed by atoms with van der Waals surface area (Å²) in [4.78, 5) is 11.1. The summed E-state index contributed by atoms with van der Waals surface area (Å²) in [5.74, 6) is -0.329. The summed E-state index contributed by atoms with van der Waals surface area (Å²) in [5, 5.41) is 9.14. The van der Waals surface area contributed by atoms with E-state index in [2.05, 4.69) is 13.8 Å². The molecule has 0 rings (SSSR count). The van der Waals surface area contributed by atoms with Crippen LogP contribution in [0.4, 0.5) is 0 Å². The van der Waals surface area contributed by atoms with Crippen molar-refractivity contribution < 1.29 is 9.90 Å². The molecule has 0 aliphatic carbocycles. The first-order valence-corrected chi connectivity index (χ1v) is 6.40. The van der Waals surface area contributed by atoms with Gasteiger partial charge in [-0.15, -0.1) is 0 Å². The largest absolute Gasteiger partial charge is 0.481 e. The third-order valence-corrected chi connectivity index (χ3v) is 3.18. The molecule has 0 bridgehead atoms. The Kier molecular flexibility index (Phi) is 8.44. The third-order valence-electron chi connectivity index (χ3n) is 3.18. The van der Waals surface area contributed by atoms with E-state index >= 15 is 0 Å². The molecular formula is C13H26O2. The molecule has 0 amide bonds. The van der Waals surface area contributed by atoms with Gasteiger partial charge in [0.05, 0.1) is 5.92 Å². The quantitative estimate of drug-likeness (QED) is 0.627. The van der Waals surface area contributed by atoms with Gasteiger partial charge in [-0.05, 0) is 25.2 Å². The highest BCUT2D eigenvalue weighted by Gasteiger charge is 2.25. The molecule has 0 fully saturated rings. The van der Waals surface area contributed by atoms with E-state index in [1.165, 1.54) is 12.8 Å². The maximum absolute atomic E-state index is 11.1. The molecule has 1 unspecified atom stereocenters. The summed E-state index contributed by atoms with van der Waals surface area (Å²) in [6, 6.07) is 0. The van der Waals surface area contributed by atoms with Crippen LogP contribution in [0, 0.1) is 11.8 Å². The van der Waals surface area contributed by atoms with Crippen molar-refractivity contribution >= 4 is 5.97 Å². The van der Waals surface area contributed by atoms with Crippen molar-refractivity contribution in [1.29, 1.82) is 0 Å². The van der Waals surface area contributed by atoms with Crippen LogP contribution in [0.2, 0.25) is 0 Å². The highest BCUT2D eigenvalue weighted by atomic mass is 16.4. The first-order valence-electron chi connectivity index (χ1n) is 6.40. The summed E-state index contributed by atoms with van der Waals surface area (Å²) in [7, 11) is 0. The summed E-state index contributed by atoms with van der Waals surface area (Å²) in [6.45, 7) is 6.32. The second-order valence-electron chi connectivity index (χ2n) is 4.40. The number of carbonyl (C=O) groups is 1. The Morgan fingerprint density at radius 2 is 1.53 bits per heavy atom. The molecule has 0 saturated carbocycles. The second-order valence-corrected chi connectivity index (χ2v) is 4.40. The number of unbranched alkanes of at least 4 members (excludes halogenated alkanes) is 2. The zero-order chi connectivity index (χ0) is 11.7. The van der Waals surface area contributed by atoms with Gasteiger partial charge in [0.1, 0.15) is 0 Å². The van der Waals surface area contributed by atoms with Crippen LogP contribution in [-0.4, -0.2) is 11.1 Å². The molecule has 0 aromatic heterocycles. The molecule has 0 radical (unpaired) electrons. The van der Waals surface area contributed by atoms with Crippen LogP contribution in [0.5, 0.6) is 0 Å². The number of aliphatic carboxylic acids is 1. The van der Waals surface area contributed by atoms with Crippen molar-refractivity contribution in [3.05, 3.63) is 0 Å². The fourth-order valence-electron chi connectivity index (χ4n) is 2.19. The van der Waals surface area contributed by atoms with Gasteiger partial charge in [0.15, 0.2) is 0 Å². The van der Waals surface area contributed by atoms with Crippen LogP contribution < -0.4 is 0 Å². The minimum absolute atomic E-state index is 0.122. The maximum Gasteiger partial charge on any atom is 0.306 e. The second kappa shape index (κ2) is 8.75. The summed E-state index contributed by atoms with van der Waals surface area (Å²) < 4.78 is 0. The van der Waals surface area contributed by atoms with Crippen molar-refractivity contribution in [2.45, 2.75) is 65.7 Å². The van der Waals surface area contributed by atoms with Crippen molar-refractivity contribution in [1.82, 2.24) is 0 Å². The SMILES string of the molecule is CCCCC(CCCC)C(CC)C(=O)O. The summed E-state index contributed by atoms with van der Waals surface area (Å²) in [6.07, 6.45) is 7.60. The lowest BCUT2D eigenvalue weighted by atomic mass is 9.82. The molecule has 0 aliphatic heterocycles. The molecule has 15 heavy (non-hydrogen) atoms. The standard InChI is InChI=1S/C13H26O2/c1-4-7-9-11(10-8-5-2)12(6-3)13(14)15/h11-12H,4-10H2,1-3H3,(H,14,15). The van der Waals surface area contributed by atoms with Gasteiger partial charge in [-0.2, -0.15) is 0 Å². The average molecular weight is 214 g/mol. The van der Waals surface area contributed by atoms with Crippen LogP contribution in [0.15, 0.2) is 0 Å². The Morgan fingerprint density at radius 3 is 1.80 bits per heavy atom. The van der Waals surface area contributed by atoms with Crippen LogP contribution in [0.25, 0.3) is 0 Å². The van der Waals surface area contributed by atoms with E-state index in [0.717, 1.165) is 32.1 Å². The zero-order valence-electron chi connectivity index (χ0n) is 10.5. The highest BCUT2D eigenvalue weighted by molar-refractivity contribution is 5.70. The molecule has 1 atom stereocenters. The molecule has 0 aliphatic rings. The van der Waals surface area contributed by atoms with E-state index < -0.39 is 5.97 Å². The molecule has 2 nitrogen and oxygen atoms in total. The van der Waals surface area contributed by atoms with Crippen molar-refractivity contribution in [3.63, 3.8) is 0 Å². The number of hydrogen-bond acceptors (Lipinski definition) is 1. The van der Waals surface area contributed by atoms with Gasteiger partial charge >= 0.3 is 5.97 Å². The molecule has 90 valence electrons. The van der Waals surface area contributed by atoms with Gasteiger partial charge in [0.25, 0.3) is 0 Å². The number of rotatable bonds is 9. The molecule has 0 spiro atoms. The molecule has 1 N–H and O–H groups in total. The van der Waals surface area contributed by atoms with Crippen LogP contribution in [-0.2, 0) is 4.79 Å². The molecule has 0 aromatic rings. The lowest BCUT2D eigenvalue weighted by Crippen LogP contribution is -2.23. The highest BCUT2D eigenvalue weighted by Crippen LogP contribution is 2.27. The predicted molar refractivity (Wildman–Crippen MR) is 64.0 cm³/mol. The lowest BCUT2D eigenvalue weighted by molar-refractivity contribution is -0.144. The van der Waals surface area contributed by atoms with Gasteiger partial charge < -0.3 is 5.11 Å². The van der Waals surface area contributed by atoms with Crippen molar-refractivity contribution in [2.75, 3.05) is 0 Å². The van der Waals surface area contributed by atoms with Gasteiger partial charge in [-0.25, -0.2) is 0 Å². The first kappa shape index (κ1) is 14.5. The van der Waals surface area contributed by atoms with Crippen LogP contribution in [0.1, 0.15) is 65.7 Å².